The summed E-state index contributed by atoms with van der Waals surface area (Å²) in [5.41, 5.74) is 2.83. The highest BCUT2D eigenvalue weighted by Gasteiger charge is 2.07. The average molecular weight is 370 g/mol. The van der Waals surface area contributed by atoms with Crippen LogP contribution in [0.15, 0.2) is 42.5 Å². The SMILES string of the molecule is CCCOc1ccc(CNc2cccc(NC(=O)CC(C)C)c2)cc1OC. The van der Waals surface area contributed by atoms with Crippen LogP contribution in [0.5, 0.6) is 11.5 Å². The van der Waals surface area contributed by atoms with Crippen molar-refractivity contribution in [1.29, 1.82) is 0 Å². The van der Waals surface area contributed by atoms with Gasteiger partial charge in [0.05, 0.1) is 13.7 Å². The Morgan fingerprint density at radius 2 is 1.85 bits per heavy atom. The van der Waals surface area contributed by atoms with E-state index in [1.54, 1.807) is 7.11 Å². The van der Waals surface area contributed by atoms with E-state index in [9.17, 15) is 4.79 Å². The van der Waals surface area contributed by atoms with Crippen molar-refractivity contribution in [3.05, 3.63) is 48.0 Å². The molecule has 5 heteroatoms. The molecule has 27 heavy (non-hydrogen) atoms. The van der Waals surface area contributed by atoms with Crippen LogP contribution in [0.25, 0.3) is 0 Å². The molecular weight excluding hydrogens is 340 g/mol. The quantitative estimate of drug-likeness (QED) is 0.612. The summed E-state index contributed by atoms with van der Waals surface area (Å²) < 4.78 is 11.1. The third-order valence-corrected chi connectivity index (χ3v) is 3.93. The molecule has 2 N–H and O–H groups in total. The monoisotopic (exact) mass is 370 g/mol. The number of rotatable bonds is 10. The van der Waals surface area contributed by atoms with Crippen molar-refractivity contribution in [2.45, 2.75) is 40.2 Å². The molecule has 0 fully saturated rings. The van der Waals surface area contributed by atoms with Crippen LogP contribution in [0.1, 0.15) is 39.2 Å². The van der Waals surface area contributed by atoms with Gasteiger partial charge in [-0.3, -0.25) is 4.79 Å². The molecular formula is C22H30N2O3. The lowest BCUT2D eigenvalue weighted by molar-refractivity contribution is -0.116. The highest BCUT2D eigenvalue weighted by molar-refractivity contribution is 5.91. The number of anilines is 2. The maximum Gasteiger partial charge on any atom is 0.224 e. The Morgan fingerprint density at radius 3 is 2.56 bits per heavy atom. The van der Waals surface area contributed by atoms with E-state index in [1.807, 2.05) is 56.3 Å². The third kappa shape index (κ3) is 6.85. The van der Waals surface area contributed by atoms with Gasteiger partial charge in [0.25, 0.3) is 0 Å². The zero-order valence-electron chi connectivity index (χ0n) is 16.7. The lowest BCUT2D eigenvalue weighted by Gasteiger charge is -2.13. The lowest BCUT2D eigenvalue weighted by Crippen LogP contribution is -2.13. The highest BCUT2D eigenvalue weighted by Crippen LogP contribution is 2.28. The number of methoxy groups -OCH3 is 1. The van der Waals surface area contributed by atoms with Crippen molar-refractivity contribution in [2.75, 3.05) is 24.4 Å². The summed E-state index contributed by atoms with van der Waals surface area (Å²) in [5, 5.41) is 6.32. The highest BCUT2D eigenvalue weighted by atomic mass is 16.5. The Bertz CT molecular complexity index is 744. The zero-order valence-corrected chi connectivity index (χ0v) is 16.7. The van der Waals surface area contributed by atoms with Crippen LogP contribution in [0.2, 0.25) is 0 Å². The molecule has 1 amide bonds. The van der Waals surface area contributed by atoms with Crippen LogP contribution in [-0.4, -0.2) is 19.6 Å². The molecule has 2 aromatic carbocycles. The summed E-state index contributed by atoms with van der Waals surface area (Å²) in [6.45, 7) is 7.45. The van der Waals surface area contributed by atoms with Crippen LogP contribution < -0.4 is 20.1 Å². The molecule has 0 bridgehead atoms. The largest absolute Gasteiger partial charge is 0.493 e. The van der Waals surface area contributed by atoms with Crippen molar-refractivity contribution in [2.24, 2.45) is 5.92 Å². The number of hydrogen-bond donors (Lipinski definition) is 2. The number of amides is 1. The van der Waals surface area contributed by atoms with Gasteiger partial charge in [0.2, 0.25) is 5.91 Å². The second-order valence-electron chi connectivity index (χ2n) is 6.91. The van der Waals surface area contributed by atoms with Crippen molar-refractivity contribution in [3.8, 4) is 11.5 Å². The fraction of sp³-hybridized carbons (Fsp3) is 0.409. The van der Waals surface area contributed by atoms with Gasteiger partial charge in [0.1, 0.15) is 0 Å². The van der Waals surface area contributed by atoms with E-state index < -0.39 is 0 Å². The topological polar surface area (TPSA) is 59.6 Å². The molecule has 0 radical (unpaired) electrons. The van der Waals surface area contributed by atoms with Crippen LogP contribution in [0.4, 0.5) is 11.4 Å². The molecule has 146 valence electrons. The first kappa shape index (κ1) is 20.6. The van der Waals surface area contributed by atoms with Crippen LogP contribution in [0.3, 0.4) is 0 Å². The smallest absolute Gasteiger partial charge is 0.224 e. The molecule has 0 saturated carbocycles. The van der Waals surface area contributed by atoms with E-state index in [4.69, 9.17) is 9.47 Å². The molecule has 0 aliphatic heterocycles. The van der Waals surface area contributed by atoms with Gasteiger partial charge >= 0.3 is 0 Å². The van der Waals surface area contributed by atoms with E-state index in [0.29, 0.717) is 25.5 Å². The van der Waals surface area contributed by atoms with Crippen molar-refractivity contribution < 1.29 is 14.3 Å². The predicted molar refractivity (Wildman–Crippen MR) is 111 cm³/mol. The second-order valence-corrected chi connectivity index (χ2v) is 6.91. The van der Waals surface area contributed by atoms with Gasteiger partial charge in [-0.15, -0.1) is 0 Å². The first-order valence-corrected chi connectivity index (χ1v) is 9.45. The van der Waals surface area contributed by atoms with Gasteiger partial charge in [-0.25, -0.2) is 0 Å². The molecule has 2 rings (SSSR count). The zero-order chi connectivity index (χ0) is 19.6. The minimum Gasteiger partial charge on any atom is -0.493 e. The molecule has 0 saturated heterocycles. The van der Waals surface area contributed by atoms with Gasteiger partial charge in [0.15, 0.2) is 11.5 Å². The van der Waals surface area contributed by atoms with E-state index in [2.05, 4.69) is 17.6 Å². The van der Waals surface area contributed by atoms with E-state index >= 15 is 0 Å². The van der Waals surface area contributed by atoms with E-state index in [0.717, 1.165) is 34.9 Å². The Labute approximate surface area is 162 Å². The number of carbonyl (C=O) groups excluding carboxylic acids is 1. The summed E-state index contributed by atoms with van der Waals surface area (Å²) in [5.74, 6) is 1.87. The number of ether oxygens (including phenoxy) is 2. The number of nitrogens with one attached hydrogen (secondary N) is 2. The van der Waals surface area contributed by atoms with E-state index in [-0.39, 0.29) is 5.91 Å². The minimum atomic E-state index is 0.0366. The van der Waals surface area contributed by atoms with Gasteiger partial charge in [-0.1, -0.05) is 32.9 Å². The molecule has 0 heterocycles. The molecule has 0 spiro atoms. The van der Waals surface area contributed by atoms with Gasteiger partial charge in [-0.05, 0) is 48.2 Å². The number of carbonyl (C=O) groups is 1. The molecule has 0 aliphatic carbocycles. The maximum absolute atomic E-state index is 11.9. The Kier molecular flexibility index (Phi) is 7.99. The Balaban J connectivity index is 1.98. The molecule has 2 aromatic rings. The standard InChI is InChI=1S/C22H30N2O3/c1-5-11-27-20-10-9-17(13-21(20)26-4)15-23-18-7-6-8-19(14-18)24-22(25)12-16(2)3/h6-10,13-14,16,23H,5,11-12,15H2,1-4H3,(H,24,25). The Morgan fingerprint density at radius 1 is 1.07 bits per heavy atom. The molecule has 0 aliphatic rings. The first-order valence-electron chi connectivity index (χ1n) is 9.45. The summed E-state index contributed by atoms with van der Waals surface area (Å²) in [7, 11) is 1.65. The first-order chi connectivity index (χ1) is 13.0. The average Bonchev–Trinajstić information content (AvgIpc) is 2.64. The third-order valence-electron chi connectivity index (χ3n) is 3.93. The molecule has 0 aromatic heterocycles. The van der Waals surface area contributed by atoms with Gasteiger partial charge in [-0.2, -0.15) is 0 Å². The second kappa shape index (κ2) is 10.5. The van der Waals surface area contributed by atoms with Crippen molar-refractivity contribution >= 4 is 17.3 Å². The van der Waals surface area contributed by atoms with Crippen LogP contribution >= 0.6 is 0 Å². The Hall–Kier alpha value is -2.69. The number of hydrogen-bond acceptors (Lipinski definition) is 4. The summed E-state index contributed by atoms with van der Waals surface area (Å²) in [4.78, 5) is 11.9. The van der Waals surface area contributed by atoms with Gasteiger partial charge < -0.3 is 20.1 Å². The summed E-state index contributed by atoms with van der Waals surface area (Å²) >= 11 is 0. The van der Waals surface area contributed by atoms with Crippen molar-refractivity contribution in [1.82, 2.24) is 0 Å². The normalized spacial score (nSPS) is 10.6. The lowest BCUT2D eigenvalue weighted by atomic mass is 10.1. The fourth-order valence-electron chi connectivity index (χ4n) is 2.65. The van der Waals surface area contributed by atoms with Gasteiger partial charge in [0, 0.05) is 24.3 Å². The predicted octanol–water partition coefficient (Wildman–Crippen LogP) is 5.08. The van der Waals surface area contributed by atoms with Crippen molar-refractivity contribution in [3.63, 3.8) is 0 Å². The maximum atomic E-state index is 11.9. The minimum absolute atomic E-state index is 0.0366. The fourth-order valence-corrected chi connectivity index (χ4v) is 2.65. The molecule has 0 unspecified atom stereocenters. The van der Waals surface area contributed by atoms with E-state index in [1.165, 1.54) is 0 Å². The van der Waals surface area contributed by atoms with Crippen LogP contribution in [0, 0.1) is 5.92 Å². The molecule has 5 nitrogen and oxygen atoms in total. The molecule has 0 atom stereocenters. The summed E-state index contributed by atoms with van der Waals surface area (Å²) in [6, 6.07) is 13.7. The number of benzene rings is 2. The van der Waals surface area contributed by atoms with Crippen LogP contribution in [-0.2, 0) is 11.3 Å². The summed E-state index contributed by atoms with van der Waals surface area (Å²) in [6.07, 6.45) is 1.47.